The third kappa shape index (κ3) is 3.10. The van der Waals surface area contributed by atoms with Gasteiger partial charge >= 0.3 is 0 Å². The van der Waals surface area contributed by atoms with E-state index < -0.39 is 11.7 Å². The second-order valence-corrected chi connectivity index (χ2v) is 5.05. The van der Waals surface area contributed by atoms with Gasteiger partial charge in [-0.15, -0.1) is 11.3 Å². The highest BCUT2D eigenvalue weighted by molar-refractivity contribution is 7.10. The van der Waals surface area contributed by atoms with E-state index in [1.807, 2.05) is 18.4 Å². The highest BCUT2D eigenvalue weighted by Gasteiger charge is 2.24. The summed E-state index contributed by atoms with van der Waals surface area (Å²) < 4.78 is 0. The van der Waals surface area contributed by atoms with Gasteiger partial charge in [-0.25, -0.2) is 0 Å². The second-order valence-electron chi connectivity index (χ2n) is 3.94. The van der Waals surface area contributed by atoms with E-state index in [4.69, 9.17) is 0 Å². The number of hydrogen-bond donors (Lipinski definition) is 2. The van der Waals surface area contributed by atoms with Gasteiger partial charge in [0, 0.05) is 11.3 Å². The fraction of sp³-hybridized carbons (Fsp3) is 0.600. The van der Waals surface area contributed by atoms with Crippen LogP contribution in [0.5, 0.6) is 0 Å². The zero-order chi connectivity index (χ0) is 10.1. The summed E-state index contributed by atoms with van der Waals surface area (Å²) in [6, 6.07) is 2.04. The molecular formula is C10H16O2S. The third-order valence-corrected chi connectivity index (χ3v) is 2.94. The van der Waals surface area contributed by atoms with Crippen LogP contribution in [0, 0.1) is 6.92 Å². The molecule has 0 fully saturated rings. The average Bonchev–Trinajstić information content (AvgIpc) is 2.33. The van der Waals surface area contributed by atoms with Gasteiger partial charge in [0.15, 0.2) is 0 Å². The van der Waals surface area contributed by atoms with E-state index in [0.29, 0.717) is 6.42 Å². The minimum Gasteiger partial charge on any atom is -0.390 e. The van der Waals surface area contributed by atoms with Gasteiger partial charge in [-0.2, -0.15) is 0 Å². The van der Waals surface area contributed by atoms with Gasteiger partial charge < -0.3 is 10.2 Å². The zero-order valence-corrected chi connectivity index (χ0v) is 9.06. The predicted molar refractivity (Wildman–Crippen MR) is 55.1 cm³/mol. The molecule has 1 heterocycles. The third-order valence-electron chi connectivity index (χ3n) is 2.03. The minimum absolute atomic E-state index is 0.522. The molecule has 0 aliphatic heterocycles. The number of rotatable bonds is 3. The molecule has 0 saturated heterocycles. The van der Waals surface area contributed by atoms with E-state index >= 15 is 0 Å². The highest BCUT2D eigenvalue weighted by atomic mass is 32.1. The summed E-state index contributed by atoms with van der Waals surface area (Å²) >= 11 is 1.66. The topological polar surface area (TPSA) is 40.5 Å². The largest absolute Gasteiger partial charge is 0.390 e. The molecule has 1 aromatic heterocycles. The summed E-state index contributed by atoms with van der Waals surface area (Å²) in [7, 11) is 0. The molecule has 13 heavy (non-hydrogen) atoms. The van der Waals surface area contributed by atoms with Crippen LogP contribution in [0.3, 0.4) is 0 Å². The summed E-state index contributed by atoms with van der Waals surface area (Å²) in [6.45, 7) is 5.28. The Balaban J connectivity index is 2.60. The van der Waals surface area contributed by atoms with Crippen LogP contribution in [0.25, 0.3) is 0 Å². The van der Waals surface area contributed by atoms with E-state index in [0.717, 1.165) is 5.56 Å². The van der Waals surface area contributed by atoms with Gasteiger partial charge in [0.2, 0.25) is 0 Å². The predicted octanol–water partition coefficient (Wildman–Crippen LogP) is 1.73. The van der Waals surface area contributed by atoms with Crippen LogP contribution < -0.4 is 0 Å². The quantitative estimate of drug-likeness (QED) is 0.780. The van der Waals surface area contributed by atoms with Gasteiger partial charge in [-0.05, 0) is 37.8 Å². The molecule has 0 aliphatic carbocycles. The van der Waals surface area contributed by atoms with E-state index in [2.05, 4.69) is 0 Å². The smallest absolute Gasteiger partial charge is 0.0862 e. The number of hydrogen-bond acceptors (Lipinski definition) is 3. The van der Waals surface area contributed by atoms with Gasteiger partial charge in [0.05, 0.1) is 11.7 Å². The van der Waals surface area contributed by atoms with E-state index in [1.165, 1.54) is 4.88 Å². The molecule has 0 saturated carbocycles. The Morgan fingerprint density at radius 3 is 2.54 bits per heavy atom. The second kappa shape index (κ2) is 3.78. The first kappa shape index (κ1) is 10.7. The van der Waals surface area contributed by atoms with Crippen molar-refractivity contribution in [3.8, 4) is 0 Å². The molecule has 0 spiro atoms. The summed E-state index contributed by atoms with van der Waals surface area (Å²) in [5.74, 6) is 0. The van der Waals surface area contributed by atoms with Crippen LogP contribution in [0.2, 0.25) is 0 Å². The first-order chi connectivity index (χ1) is 5.89. The molecule has 1 atom stereocenters. The van der Waals surface area contributed by atoms with Crippen molar-refractivity contribution in [2.24, 2.45) is 0 Å². The van der Waals surface area contributed by atoms with Crippen molar-refractivity contribution < 1.29 is 10.2 Å². The normalized spacial score (nSPS) is 14.5. The highest BCUT2D eigenvalue weighted by Crippen LogP contribution is 2.18. The molecule has 0 amide bonds. The molecular weight excluding hydrogens is 184 g/mol. The Bertz CT molecular complexity index is 273. The molecule has 1 rings (SSSR count). The van der Waals surface area contributed by atoms with Crippen LogP contribution in [0.4, 0.5) is 0 Å². The Hall–Kier alpha value is -0.380. The first-order valence-electron chi connectivity index (χ1n) is 4.34. The van der Waals surface area contributed by atoms with Crippen molar-refractivity contribution in [2.45, 2.75) is 38.9 Å². The van der Waals surface area contributed by atoms with Crippen LogP contribution in [0.15, 0.2) is 11.4 Å². The van der Waals surface area contributed by atoms with Gasteiger partial charge in [-0.1, -0.05) is 0 Å². The first-order valence-corrected chi connectivity index (χ1v) is 5.22. The molecule has 2 nitrogen and oxygen atoms in total. The summed E-state index contributed by atoms with van der Waals surface area (Å²) in [6.07, 6.45) is -0.171. The molecule has 0 aliphatic rings. The fourth-order valence-corrected chi connectivity index (χ4v) is 1.80. The van der Waals surface area contributed by atoms with Crippen molar-refractivity contribution in [1.82, 2.24) is 0 Å². The number of aliphatic hydroxyl groups excluding tert-OH is 1. The molecule has 0 radical (unpaired) electrons. The van der Waals surface area contributed by atoms with Crippen molar-refractivity contribution >= 4 is 11.3 Å². The van der Waals surface area contributed by atoms with E-state index in [1.54, 1.807) is 25.2 Å². The minimum atomic E-state index is -1.02. The Morgan fingerprint density at radius 2 is 2.15 bits per heavy atom. The Labute approximate surface area is 82.8 Å². The van der Waals surface area contributed by atoms with Crippen LogP contribution in [-0.4, -0.2) is 21.9 Å². The molecule has 74 valence electrons. The molecule has 1 aromatic rings. The summed E-state index contributed by atoms with van der Waals surface area (Å²) in [5.41, 5.74) is 0.0765. The SMILES string of the molecule is Cc1cc(CC(O)C(C)(C)O)cs1. The van der Waals surface area contributed by atoms with Crippen molar-refractivity contribution in [3.63, 3.8) is 0 Å². The maximum absolute atomic E-state index is 9.60. The van der Waals surface area contributed by atoms with Gasteiger partial charge in [0.25, 0.3) is 0 Å². The maximum Gasteiger partial charge on any atom is 0.0862 e. The maximum atomic E-state index is 9.60. The average molecular weight is 200 g/mol. The van der Waals surface area contributed by atoms with Crippen molar-refractivity contribution in [1.29, 1.82) is 0 Å². The molecule has 2 N–H and O–H groups in total. The monoisotopic (exact) mass is 200 g/mol. The number of aliphatic hydroxyl groups is 2. The van der Waals surface area contributed by atoms with Gasteiger partial charge in [-0.3, -0.25) is 0 Å². The Kier molecular flexibility index (Phi) is 3.11. The fourth-order valence-electron chi connectivity index (χ4n) is 1.08. The zero-order valence-electron chi connectivity index (χ0n) is 8.24. The number of aryl methyl sites for hydroxylation is 1. The lowest BCUT2D eigenvalue weighted by Gasteiger charge is -2.23. The number of thiophene rings is 1. The Morgan fingerprint density at radius 1 is 1.54 bits per heavy atom. The molecule has 0 aromatic carbocycles. The van der Waals surface area contributed by atoms with Crippen LogP contribution in [-0.2, 0) is 6.42 Å². The summed E-state index contributed by atoms with van der Waals surface area (Å²) in [4.78, 5) is 1.23. The van der Waals surface area contributed by atoms with Gasteiger partial charge in [0.1, 0.15) is 0 Å². The van der Waals surface area contributed by atoms with Crippen LogP contribution >= 0.6 is 11.3 Å². The van der Waals surface area contributed by atoms with Crippen LogP contribution in [0.1, 0.15) is 24.3 Å². The standard InChI is InChI=1S/C10H16O2S/c1-7-4-8(6-13-7)5-9(11)10(2,3)12/h4,6,9,11-12H,5H2,1-3H3. The van der Waals surface area contributed by atoms with E-state index in [9.17, 15) is 10.2 Å². The lowest BCUT2D eigenvalue weighted by atomic mass is 9.96. The lowest BCUT2D eigenvalue weighted by molar-refractivity contribution is -0.0469. The summed E-state index contributed by atoms with van der Waals surface area (Å²) in [5, 5.41) is 21.1. The van der Waals surface area contributed by atoms with Crippen molar-refractivity contribution in [3.05, 3.63) is 21.9 Å². The van der Waals surface area contributed by atoms with Crippen molar-refractivity contribution in [2.75, 3.05) is 0 Å². The molecule has 0 bridgehead atoms. The molecule has 1 unspecified atom stereocenters. The molecule has 3 heteroatoms. The van der Waals surface area contributed by atoms with E-state index in [-0.39, 0.29) is 0 Å². The lowest BCUT2D eigenvalue weighted by Crippen LogP contribution is -2.37.